The minimum absolute atomic E-state index is 0.161. The third-order valence-corrected chi connectivity index (χ3v) is 5.09. The monoisotopic (exact) mass is 363 g/mol. The fourth-order valence-corrected chi connectivity index (χ4v) is 3.63. The van der Waals surface area contributed by atoms with Crippen LogP contribution >= 0.6 is 0 Å². The van der Waals surface area contributed by atoms with Gasteiger partial charge in [0.2, 0.25) is 0 Å². The predicted octanol–water partition coefficient (Wildman–Crippen LogP) is 4.02. The van der Waals surface area contributed by atoms with Gasteiger partial charge in [0.05, 0.1) is 7.11 Å². The molecule has 0 bridgehead atoms. The molecule has 0 spiro atoms. The van der Waals surface area contributed by atoms with Crippen LogP contribution in [0.2, 0.25) is 0 Å². The number of amides is 1. The zero-order valence-corrected chi connectivity index (χ0v) is 16.2. The fraction of sp³-hybridized carbons (Fsp3) is 0.364. The van der Waals surface area contributed by atoms with Crippen molar-refractivity contribution in [3.63, 3.8) is 0 Å². The highest BCUT2D eigenvalue weighted by Crippen LogP contribution is 2.25. The number of aromatic nitrogens is 1. The molecule has 0 saturated carbocycles. The number of aryl methyl sites for hydroxylation is 1. The quantitative estimate of drug-likeness (QED) is 0.609. The zero-order valence-electron chi connectivity index (χ0n) is 16.2. The van der Waals surface area contributed by atoms with Crippen molar-refractivity contribution in [2.24, 2.45) is 0 Å². The molecule has 1 amide bonds. The van der Waals surface area contributed by atoms with Crippen LogP contribution in [0.3, 0.4) is 0 Å². The average molecular weight is 363 g/mol. The SMILES string of the molecule is COc1ccc(-n2c(C)cc(C=C(C#N)C(=O)N3CCCCC3)c2C)cc1. The number of rotatable bonds is 4. The molecule has 2 heterocycles. The Morgan fingerprint density at radius 1 is 1.15 bits per heavy atom. The van der Waals surface area contributed by atoms with E-state index in [9.17, 15) is 10.1 Å². The zero-order chi connectivity index (χ0) is 19.4. The highest BCUT2D eigenvalue weighted by molar-refractivity contribution is 6.01. The predicted molar refractivity (Wildman–Crippen MR) is 106 cm³/mol. The highest BCUT2D eigenvalue weighted by atomic mass is 16.5. The maximum atomic E-state index is 12.7. The molecule has 1 aliphatic rings. The molecule has 0 unspecified atom stereocenters. The van der Waals surface area contributed by atoms with Crippen LogP contribution in [0.1, 0.15) is 36.2 Å². The first-order chi connectivity index (χ1) is 13.0. The summed E-state index contributed by atoms with van der Waals surface area (Å²) < 4.78 is 7.34. The Bertz CT molecular complexity index is 895. The van der Waals surface area contributed by atoms with Gasteiger partial charge in [0.15, 0.2) is 0 Å². The van der Waals surface area contributed by atoms with Crippen molar-refractivity contribution >= 4 is 12.0 Å². The molecule has 0 N–H and O–H groups in total. The van der Waals surface area contributed by atoms with E-state index in [0.29, 0.717) is 0 Å². The molecule has 1 fully saturated rings. The minimum Gasteiger partial charge on any atom is -0.497 e. The van der Waals surface area contributed by atoms with Gasteiger partial charge in [0.1, 0.15) is 17.4 Å². The Hall–Kier alpha value is -3.00. The average Bonchev–Trinajstić information content (AvgIpc) is 2.99. The van der Waals surface area contributed by atoms with Crippen molar-refractivity contribution in [3.8, 4) is 17.5 Å². The first-order valence-corrected chi connectivity index (χ1v) is 9.29. The van der Waals surface area contributed by atoms with E-state index in [1.54, 1.807) is 18.1 Å². The maximum absolute atomic E-state index is 12.7. The number of carbonyl (C=O) groups is 1. The number of carbonyl (C=O) groups excluding carboxylic acids is 1. The molecule has 5 nitrogen and oxygen atoms in total. The van der Waals surface area contributed by atoms with Crippen LogP contribution in [0.25, 0.3) is 11.8 Å². The second kappa shape index (κ2) is 8.13. The second-order valence-corrected chi connectivity index (χ2v) is 6.88. The van der Waals surface area contributed by atoms with Crippen molar-refractivity contribution in [2.75, 3.05) is 20.2 Å². The first kappa shape index (κ1) is 18.8. The lowest BCUT2D eigenvalue weighted by Crippen LogP contribution is -2.36. The lowest BCUT2D eigenvalue weighted by Gasteiger charge is -2.26. The largest absolute Gasteiger partial charge is 0.497 e. The van der Waals surface area contributed by atoms with E-state index in [0.717, 1.165) is 60.7 Å². The summed E-state index contributed by atoms with van der Waals surface area (Å²) in [5.41, 5.74) is 4.16. The maximum Gasteiger partial charge on any atom is 0.264 e. The summed E-state index contributed by atoms with van der Waals surface area (Å²) in [5.74, 6) is 0.645. The van der Waals surface area contributed by atoms with Gasteiger partial charge in [-0.2, -0.15) is 5.26 Å². The number of piperidine rings is 1. The van der Waals surface area contributed by atoms with Gasteiger partial charge in [-0.15, -0.1) is 0 Å². The molecule has 0 atom stereocenters. The number of hydrogen-bond donors (Lipinski definition) is 0. The summed E-state index contributed by atoms with van der Waals surface area (Å²) in [6, 6.07) is 12.0. The Balaban J connectivity index is 1.93. The topological polar surface area (TPSA) is 58.3 Å². The number of nitrogens with zero attached hydrogens (tertiary/aromatic N) is 3. The van der Waals surface area contributed by atoms with Crippen molar-refractivity contribution in [1.29, 1.82) is 5.26 Å². The van der Waals surface area contributed by atoms with Gasteiger partial charge in [-0.05, 0) is 75.1 Å². The molecular weight excluding hydrogens is 338 g/mol. The molecule has 3 rings (SSSR count). The van der Waals surface area contributed by atoms with Crippen molar-refractivity contribution in [1.82, 2.24) is 9.47 Å². The third kappa shape index (κ3) is 3.90. The van der Waals surface area contributed by atoms with Crippen molar-refractivity contribution in [3.05, 3.63) is 52.9 Å². The molecular formula is C22H25N3O2. The second-order valence-electron chi connectivity index (χ2n) is 6.88. The van der Waals surface area contributed by atoms with E-state index in [2.05, 4.69) is 10.6 Å². The standard InChI is InChI=1S/C22H25N3O2/c1-16-13-18(14-19(15-23)22(26)24-11-5-4-6-12-24)17(2)25(16)20-7-9-21(27-3)10-8-20/h7-10,13-14H,4-6,11-12H2,1-3H3. The van der Waals surface area contributed by atoms with Crippen LogP contribution in [0, 0.1) is 25.2 Å². The summed E-state index contributed by atoms with van der Waals surface area (Å²) in [6.07, 6.45) is 4.89. The fourth-order valence-electron chi connectivity index (χ4n) is 3.63. The summed E-state index contributed by atoms with van der Waals surface area (Å²) in [6.45, 7) is 5.50. The number of hydrogen-bond acceptors (Lipinski definition) is 3. The Labute approximate surface area is 160 Å². The van der Waals surface area contributed by atoms with Crippen LogP contribution < -0.4 is 4.74 Å². The number of methoxy groups -OCH3 is 1. The first-order valence-electron chi connectivity index (χ1n) is 9.29. The minimum atomic E-state index is -0.161. The van der Waals surface area contributed by atoms with Gasteiger partial charge in [-0.3, -0.25) is 4.79 Å². The molecule has 2 aromatic rings. The Morgan fingerprint density at radius 2 is 1.81 bits per heavy atom. The summed E-state index contributed by atoms with van der Waals surface area (Å²) in [4.78, 5) is 14.5. The van der Waals surface area contributed by atoms with Gasteiger partial charge in [-0.25, -0.2) is 0 Å². The van der Waals surface area contributed by atoms with E-state index in [1.807, 2.05) is 44.2 Å². The van der Waals surface area contributed by atoms with Gasteiger partial charge < -0.3 is 14.2 Å². The molecule has 1 aromatic carbocycles. The number of ether oxygens (including phenoxy) is 1. The summed E-state index contributed by atoms with van der Waals surface area (Å²) >= 11 is 0. The molecule has 140 valence electrons. The highest BCUT2D eigenvalue weighted by Gasteiger charge is 2.21. The molecule has 0 radical (unpaired) electrons. The van der Waals surface area contributed by atoms with E-state index in [4.69, 9.17) is 4.74 Å². The molecule has 1 saturated heterocycles. The number of likely N-dealkylation sites (tertiary alicyclic amines) is 1. The van der Waals surface area contributed by atoms with E-state index in [-0.39, 0.29) is 11.5 Å². The number of benzene rings is 1. The van der Waals surface area contributed by atoms with Crippen LogP contribution in [-0.2, 0) is 4.79 Å². The lowest BCUT2D eigenvalue weighted by molar-refractivity contribution is -0.127. The molecule has 5 heteroatoms. The van der Waals surface area contributed by atoms with Crippen molar-refractivity contribution < 1.29 is 9.53 Å². The van der Waals surface area contributed by atoms with Crippen LogP contribution in [0.4, 0.5) is 0 Å². The Kier molecular flexibility index (Phi) is 5.66. The molecule has 1 aliphatic heterocycles. The van der Waals surface area contributed by atoms with Crippen LogP contribution in [0.5, 0.6) is 5.75 Å². The van der Waals surface area contributed by atoms with E-state index < -0.39 is 0 Å². The van der Waals surface area contributed by atoms with Gasteiger partial charge in [0.25, 0.3) is 5.91 Å². The molecule has 1 aromatic heterocycles. The van der Waals surface area contributed by atoms with Gasteiger partial charge in [0, 0.05) is 30.2 Å². The normalized spacial score (nSPS) is 14.7. The van der Waals surface area contributed by atoms with E-state index in [1.165, 1.54) is 0 Å². The van der Waals surface area contributed by atoms with E-state index >= 15 is 0 Å². The Morgan fingerprint density at radius 3 is 2.41 bits per heavy atom. The molecule has 0 aliphatic carbocycles. The van der Waals surface area contributed by atoms with Crippen LogP contribution in [-0.4, -0.2) is 35.6 Å². The van der Waals surface area contributed by atoms with Gasteiger partial charge in [-0.1, -0.05) is 0 Å². The molecule has 27 heavy (non-hydrogen) atoms. The van der Waals surface area contributed by atoms with Crippen molar-refractivity contribution in [2.45, 2.75) is 33.1 Å². The summed E-state index contributed by atoms with van der Waals surface area (Å²) in [7, 11) is 1.65. The summed E-state index contributed by atoms with van der Waals surface area (Å²) in [5, 5.41) is 9.54. The van der Waals surface area contributed by atoms with Gasteiger partial charge >= 0.3 is 0 Å². The lowest BCUT2D eigenvalue weighted by atomic mass is 10.1. The number of nitriles is 1. The van der Waals surface area contributed by atoms with Crippen LogP contribution in [0.15, 0.2) is 35.9 Å². The third-order valence-electron chi connectivity index (χ3n) is 5.09. The smallest absolute Gasteiger partial charge is 0.264 e.